The van der Waals surface area contributed by atoms with Gasteiger partial charge in [-0.2, -0.15) is 0 Å². The van der Waals surface area contributed by atoms with E-state index in [1.54, 1.807) is 14.2 Å². The summed E-state index contributed by atoms with van der Waals surface area (Å²) in [5.41, 5.74) is 4.83. The molecule has 40 heavy (non-hydrogen) atoms. The van der Waals surface area contributed by atoms with E-state index >= 15 is 0 Å². The molecule has 0 amide bonds. The Balaban J connectivity index is 1.65. The number of tetrazole rings is 1. The summed E-state index contributed by atoms with van der Waals surface area (Å²) >= 11 is 6.57. The van der Waals surface area contributed by atoms with Crippen LogP contribution in [0.4, 0.5) is 0 Å². The minimum Gasteiger partial charge on any atom is -0.493 e. The van der Waals surface area contributed by atoms with Gasteiger partial charge in [0.2, 0.25) is 0 Å². The summed E-state index contributed by atoms with van der Waals surface area (Å²) in [5, 5.41) is 21.5. The summed E-state index contributed by atoms with van der Waals surface area (Å²) in [6, 6.07) is 15.8. The molecule has 3 heterocycles. The number of rotatable bonds is 10. The summed E-state index contributed by atoms with van der Waals surface area (Å²) in [5.74, 6) is 0.911. The van der Waals surface area contributed by atoms with E-state index in [9.17, 15) is 9.90 Å². The lowest BCUT2D eigenvalue weighted by Crippen LogP contribution is -2.16. The van der Waals surface area contributed by atoms with E-state index in [4.69, 9.17) is 25.8 Å². The Morgan fingerprint density at radius 1 is 1.12 bits per heavy atom. The van der Waals surface area contributed by atoms with Crippen LogP contribution in [0.15, 0.2) is 48.5 Å². The van der Waals surface area contributed by atoms with Crippen molar-refractivity contribution in [3.05, 3.63) is 81.9 Å². The third kappa shape index (κ3) is 5.41. The summed E-state index contributed by atoms with van der Waals surface area (Å²) in [6.45, 7) is 4.75. The Bertz CT molecular complexity index is 1510. The highest BCUT2D eigenvalue weighted by atomic mass is 35.5. The van der Waals surface area contributed by atoms with Crippen LogP contribution in [0, 0.1) is 5.92 Å². The number of benzene rings is 2. The number of ether oxygens (including phenoxy) is 3. The monoisotopic (exact) mass is 565 g/mol. The number of hydrogen-bond acceptors (Lipinski definition) is 7. The fourth-order valence-corrected chi connectivity index (χ4v) is 5.52. The fraction of sp³-hybridized carbons (Fsp3) is 0.379. The molecule has 0 fully saturated rings. The molecular formula is C29H32ClN5O5. The summed E-state index contributed by atoms with van der Waals surface area (Å²) in [4.78, 5) is 11.3. The molecule has 4 aromatic rings. The number of methoxy groups -OCH3 is 2. The van der Waals surface area contributed by atoms with Gasteiger partial charge in [-0.3, -0.25) is 4.79 Å². The second-order valence-corrected chi connectivity index (χ2v) is 10.6. The third-order valence-electron chi connectivity index (χ3n) is 6.99. The SMILES string of the molecule is COc1cccc([C@H]2O[C@H](CCn3nnnc3CC(=O)O)c3ccc(CC(C)C)n3-c3ccc(Cl)cc32)c1OC. The van der Waals surface area contributed by atoms with Crippen LogP contribution in [0.25, 0.3) is 5.69 Å². The number of carboxylic acid groups (broad SMARTS) is 1. The maximum absolute atomic E-state index is 11.3. The Morgan fingerprint density at radius 3 is 2.67 bits per heavy atom. The molecule has 0 bridgehead atoms. The first kappa shape index (κ1) is 27.7. The quantitative estimate of drug-likeness (QED) is 0.279. The largest absolute Gasteiger partial charge is 0.493 e. The van der Waals surface area contributed by atoms with Crippen molar-refractivity contribution < 1.29 is 24.1 Å². The van der Waals surface area contributed by atoms with E-state index in [0.29, 0.717) is 35.4 Å². The number of hydrogen-bond donors (Lipinski definition) is 1. The maximum Gasteiger partial charge on any atom is 0.311 e. The minimum absolute atomic E-state index is 0.263. The maximum atomic E-state index is 11.3. The number of fused-ring (bicyclic) bond motifs is 3. The van der Waals surface area contributed by atoms with Gasteiger partial charge in [0.25, 0.3) is 0 Å². The molecule has 210 valence electrons. The van der Waals surface area contributed by atoms with E-state index < -0.39 is 18.2 Å². The first-order valence-corrected chi connectivity index (χ1v) is 13.5. The van der Waals surface area contributed by atoms with Gasteiger partial charge in [0.05, 0.1) is 25.6 Å². The van der Waals surface area contributed by atoms with Crippen molar-refractivity contribution in [1.29, 1.82) is 0 Å². The first-order valence-electron chi connectivity index (χ1n) is 13.1. The lowest BCUT2D eigenvalue weighted by molar-refractivity contribution is -0.136. The topological polar surface area (TPSA) is 114 Å². The molecule has 0 saturated heterocycles. The predicted octanol–water partition coefficient (Wildman–Crippen LogP) is 5.21. The number of carboxylic acids is 1. The number of aromatic nitrogens is 5. The van der Waals surface area contributed by atoms with Crippen molar-refractivity contribution in [3.8, 4) is 17.2 Å². The zero-order valence-corrected chi connectivity index (χ0v) is 23.6. The highest BCUT2D eigenvalue weighted by Gasteiger charge is 2.34. The second kappa shape index (κ2) is 11.7. The molecule has 11 heteroatoms. The Morgan fingerprint density at radius 2 is 1.95 bits per heavy atom. The molecule has 2 aromatic carbocycles. The van der Waals surface area contributed by atoms with Gasteiger partial charge in [0.1, 0.15) is 18.6 Å². The average Bonchev–Trinajstić information content (AvgIpc) is 3.51. The first-order chi connectivity index (χ1) is 19.3. The van der Waals surface area contributed by atoms with Gasteiger partial charge in [0, 0.05) is 28.4 Å². The predicted molar refractivity (Wildman–Crippen MR) is 148 cm³/mol. The van der Waals surface area contributed by atoms with Gasteiger partial charge in [0.15, 0.2) is 17.3 Å². The molecular weight excluding hydrogens is 534 g/mol. The van der Waals surface area contributed by atoms with Crippen molar-refractivity contribution in [3.63, 3.8) is 0 Å². The van der Waals surface area contributed by atoms with Crippen molar-refractivity contribution >= 4 is 17.6 Å². The molecule has 0 radical (unpaired) electrons. The smallest absolute Gasteiger partial charge is 0.311 e. The highest BCUT2D eigenvalue weighted by molar-refractivity contribution is 6.30. The molecule has 2 aromatic heterocycles. The highest BCUT2D eigenvalue weighted by Crippen LogP contribution is 2.47. The molecule has 0 aliphatic carbocycles. The van der Waals surface area contributed by atoms with E-state index in [1.165, 1.54) is 4.68 Å². The van der Waals surface area contributed by atoms with Crippen LogP contribution < -0.4 is 9.47 Å². The van der Waals surface area contributed by atoms with E-state index in [-0.39, 0.29) is 12.2 Å². The van der Waals surface area contributed by atoms with Gasteiger partial charge >= 0.3 is 5.97 Å². The van der Waals surface area contributed by atoms with Gasteiger partial charge in [-0.05, 0) is 65.6 Å². The lowest BCUT2D eigenvalue weighted by Gasteiger charge is -2.25. The molecule has 0 unspecified atom stereocenters. The van der Waals surface area contributed by atoms with Gasteiger partial charge in [-0.25, -0.2) is 4.68 Å². The fourth-order valence-electron chi connectivity index (χ4n) is 5.34. The van der Waals surface area contributed by atoms with Gasteiger partial charge in [-0.15, -0.1) is 5.10 Å². The number of nitrogens with zero attached hydrogens (tertiary/aromatic N) is 5. The van der Waals surface area contributed by atoms with E-state index in [1.807, 2.05) is 36.4 Å². The Labute approximate surface area is 237 Å². The van der Waals surface area contributed by atoms with Crippen LogP contribution in [0.1, 0.15) is 60.8 Å². The summed E-state index contributed by atoms with van der Waals surface area (Å²) in [6.07, 6.45) is 0.171. The minimum atomic E-state index is -0.994. The van der Waals surface area contributed by atoms with E-state index in [2.05, 4.69) is 46.1 Å². The molecule has 0 spiro atoms. The molecule has 1 N–H and O–H groups in total. The molecule has 5 rings (SSSR count). The third-order valence-corrected chi connectivity index (χ3v) is 7.22. The van der Waals surface area contributed by atoms with Crippen molar-refractivity contribution in [2.75, 3.05) is 14.2 Å². The van der Waals surface area contributed by atoms with Crippen LogP contribution >= 0.6 is 11.6 Å². The number of aliphatic carboxylic acids is 1. The summed E-state index contributed by atoms with van der Waals surface area (Å²) < 4.78 is 22.2. The van der Waals surface area contributed by atoms with Crippen molar-refractivity contribution in [1.82, 2.24) is 24.8 Å². The van der Waals surface area contributed by atoms with Gasteiger partial charge in [-0.1, -0.05) is 37.6 Å². The lowest BCUT2D eigenvalue weighted by atomic mass is 9.97. The van der Waals surface area contributed by atoms with Crippen LogP contribution in [-0.4, -0.2) is 50.1 Å². The Hall–Kier alpha value is -3.89. The zero-order chi connectivity index (χ0) is 28.4. The van der Waals surface area contributed by atoms with Crippen LogP contribution in [0.2, 0.25) is 5.02 Å². The number of halogens is 1. The van der Waals surface area contributed by atoms with Crippen LogP contribution in [-0.2, 0) is 28.9 Å². The van der Waals surface area contributed by atoms with E-state index in [0.717, 1.165) is 34.6 Å². The molecule has 10 nitrogen and oxygen atoms in total. The van der Waals surface area contributed by atoms with Crippen LogP contribution in [0.5, 0.6) is 11.5 Å². The number of aryl methyl sites for hydroxylation is 1. The second-order valence-electron chi connectivity index (χ2n) is 10.2. The Kier molecular flexibility index (Phi) is 8.09. The normalized spacial score (nSPS) is 16.4. The van der Waals surface area contributed by atoms with Gasteiger partial charge < -0.3 is 23.9 Å². The zero-order valence-electron chi connectivity index (χ0n) is 22.9. The molecule has 1 aliphatic rings. The molecule has 1 aliphatic heterocycles. The standard InChI is InChI=1S/C29H32ClN5O5/c1-17(2)14-19-9-11-23-24(12-13-34-26(16-27(36)37)31-32-33-34)40-28(20-6-5-7-25(38-3)29(20)39-4)21-15-18(30)8-10-22(21)35(19)23/h5-11,15,17,24,28H,12-14,16H2,1-4H3,(H,36,37)/t24-,28-/m1/s1. The average molecular weight is 566 g/mol. The molecule has 2 atom stereocenters. The number of carbonyl (C=O) groups is 1. The number of para-hydroxylation sites is 1. The molecule has 0 saturated carbocycles. The summed E-state index contributed by atoms with van der Waals surface area (Å²) in [7, 11) is 3.22. The van der Waals surface area contributed by atoms with Crippen molar-refractivity contribution in [2.45, 2.75) is 51.9 Å². The van der Waals surface area contributed by atoms with Crippen LogP contribution in [0.3, 0.4) is 0 Å². The van der Waals surface area contributed by atoms with Crippen molar-refractivity contribution in [2.24, 2.45) is 5.92 Å².